The van der Waals surface area contributed by atoms with Crippen molar-refractivity contribution in [3.63, 3.8) is 0 Å². The lowest BCUT2D eigenvalue weighted by atomic mass is 10.2. The summed E-state index contributed by atoms with van der Waals surface area (Å²) in [6, 6.07) is 7.18. The number of likely N-dealkylation sites (N-methyl/N-ethyl adjacent to an activating group) is 1. The lowest BCUT2D eigenvalue weighted by Crippen LogP contribution is -2.33. The van der Waals surface area contributed by atoms with Gasteiger partial charge in [-0.15, -0.1) is 0 Å². The lowest BCUT2D eigenvalue weighted by molar-refractivity contribution is 0.254. The van der Waals surface area contributed by atoms with Crippen LogP contribution >= 0.6 is 11.3 Å². The molecular weight excluding hydrogens is 266 g/mol. The summed E-state index contributed by atoms with van der Waals surface area (Å²) in [6.07, 6.45) is 5.55. The third-order valence-electron chi connectivity index (χ3n) is 4.31. The van der Waals surface area contributed by atoms with Crippen molar-refractivity contribution < 1.29 is 0 Å². The summed E-state index contributed by atoms with van der Waals surface area (Å²) in [6.45, 7) is 4.20. The highest BCUT2D eigenvalue weighted by Gasteiger charge is 2.18. The molecule has 4 heteroatoms. The second kappa shape index (κ2) is 6.10. The van der Waals surface area contributed by atoms with Crippen LogP contribution in [0.25, 0.3) is 10.2 Å². The molecule has 1 saturated carbocycles. The van der Waals surface area contributed by atoms with Crippen molar-refractivity contribution in [3.8, 4) is 0 Å². The highest BCUT2D eigenvalue weighted by Crippen LogP contribution is 2.27. The van der Waals surface area contributed by atoms with E-state index in [0.29, 0.717) is 0 Å². The lowest BCUT2D eigenvalue weighted by Gasteiger charge is -2.23. The quantitative estimate of drug-likeness (QED) is 0.905. The predicted octanol–water partition coefficient (Wildman–Crippen LogP) is 3.89. The van der Waals surface area contributed by atoms with Crippen LogP contribution in [-0.4, -0.2) is 36.1 Å². The maximum absolute atomic E-state index is 4.70. The Kier molecular flexibility index (Phi) is 4.22. The van der Waals surface area contributed by atoms with Gasteiger partial charge in [0.25, 0.3) is 0 Å². The van der Waals surface area contributed by atoms with Gasteiger partial charge in [-0.1, -0.05) is 36.3 Å². The average Bonchev–Trinajstić information content (AvgIpc) is 3.07. The van der Waals surface area contributed by atoms with Crippen LogP contribution in [0.15, 0.2) is 18.2 Å². The number of thiazole rings is 1. The first-order chi connectivity index (χ1) is 9.74. The Bertz CT molecular complexity index is 572. The summed E-state index contributed by atoms with van der Waals surface area (Å²) >= 11 is 1.75. The van der Waals surface area contributed by atoms with E-state index in [9.17, 15) is 0 Å². The van der Waals surface area contributed by atoms with Crippen molar-refractivity contribution in [2.75, 3.05) is 25.5 Å². The van der Waals surface area contributed by atoms with E-state index in [4.69, 9.17) is 4.98 Å². The van der Waals surface area contributed by atoms with Gasteiger partial charge in [0.2, 0.25) is 0 Å². The van der Waals surface area contributed by atoms with Crippen molar-refractivity contribution in [2.45, 2.75) is 38.6 Å². The Morgan fingerprint density at radius 1 is 1.35 bits per heavy atom. The van der Waals surface area contributed by atoms with E-state index in [0.717, 1.165) is 29.8 Å². The normalized spacial score (nSPS) is 16.4. The molecule has 1 aromatic heterocycles. The number of rotatable bonds is 5. The van der Waals surface area contributed by atoms with Crippen LogP contribution in [-0.2, 0) is 0 Å². The first kappa shape index (κ1) is 13.8. The molecule has 0 radical (unpaired) electrons. The van der Waals surface area contributed by atoms with Gasteiger partial charge in [0.05, 0.1) is 10.2 Å². The zero-order valence-corrected chi connectivity index (χ0v) is 13.2. The van der Waals surface area contributed by atoms with Gasteiger partial charge >= 0.3 is 0 Å². The summed E-state index contributed by atoms with van der Waals surface area (Å²) in [5, 5.41) is 4.53. The monoisotopic (exact) mass is 289 g/mol. The molecule has 0 aliphatic heterocycles. The average molecular weight is 289 g/mol. The van der Waals surface area contributed by atoms with Crippen molar-refractivity contribution in [3.05, 3.63) is 23.8 Å². The molecule has 0 amide bonds. The molecule has 1 fully saturated rings. The van der Waals surface area contributed by atoms with Gasteiger partial charge in [-0.2, -0.15) is 0 Å². The number of fused-ring (bicyclic) bond motifs is 1. The van der Waals surface area contributed by atoms with Gasteiger partial charge < -0.3 is 10.2 Å². The largest absolute Gasteiger partial charge is 0.360 e. The van der Waals surface area contributed by atoms with Crippen molar-refractivity contribution in [1.29, 1.82) is 0 Å². The molecule has 0 bridgehead atoms. The van der Waals surface area contributed by atoms with Crippen LogP contribution < -0.4 is 5.32 Å². The highest BCUT2D eigenvalue weighted by atomic mass is 32.1. The van der Waals surface area contributed by atoms with E-state index in [1.54, 1.807) is 11.3 Å². The molecule has 2 aromatic rings. The fourth-order valence-corrected chi connectivity index (χ4v) is 4.00. The molecule has 0 atom stereocenters. The summed E-state index contributed by atoms with van der Waals surface area (Å²) in [7, 11) is 2.25. The first-order valence-electron chi connectivity index (χ1n) is 7.54. The van der Waals surface area contributed by atoms with Crippen molar-refractivity contribution >= 4 is 26.7 Å². The van der Waals surface area contributed by atoms with Crippen molar-refractivity contribution in [2.24, 2.45) is 0 Å². The Morgan fingerprint density at radius 3 is 2.90 bits per heavy atom. The summed E-state index contributed by atoms with van der Waals surface area (Å²) < 4.78 is 1.27. The second-order valence-corrected chi connectivity index (χ2v) is 6.82. The number of anilines is 1. The molecule has 20 heavy (non-hydrogen) atoms. The van der Waals surface area contributed by atoms with E-state index in [-0.39, 0.29) is 0 Å². The molecular formula is C16H23N3S. The van der Waals surface area contributed by atoms with E-state index in [1.807, 2.05) is 0 Å². The van der Waals surface area contributed by atoms with E-state index in [1.165, 1.54) is 35.9 Å². The molecule has 0 unspecified atom stereocenters. The molecule has 3 nitrogen and oxygen atoms in total. The van der Waals surface area contributed by atoms with Gasteiger partial charge in [-0.3, -0.25) is 0 Å². The van der Waals surface area contributed by atoms with Crippen LogP contribution in [0.5, 0.6) is 0 Å². The Labute approximate surface area is 125 Å². The SMILES string of the molecule is Cc1cccc2sc(NCCN(C)C3CCCC3)nc12. The van der Waals surface area contributed by atoms with Crippen LogP contribution in [0.1, 0.15) is 31.2 Å². The summed E-state index contributed by atoms with van der Waals surface area (Å²) in [4.78, 5) is 7.19. The maximum atomic E-state index is 4.70. The first-order valence-corrected chi connectivity index (χ1v) is 8.36. The van der Waals surface area contributed by atoms with Gasteiger partial charge in [0.15, 0.2) is 5.13 Å². The molecule has 0 spiro atoms. The number of para-hydroxylation sites is 1. The Hall–Kier alpha value is -1.13. The molecule has 1 heterocycles. The van der Waals surface area contributed by atoms with E-state index in [2.05, 4.69) is 42.4 Å². The molecule has 108 valence electrons. The Morgan fingerprint density at radius 2 is 2.15 bits per heavy atom. The number of benzene rings is 1. The zero-order valence-electron chi connectivity index (χ0n) is 12.4. The molecule has 1 N–H and O–H groups in total. The minimum absolute atomic E-state index is 0.800. The number of aromatic nitrogens is 1. The third kappa shape index (κ3) is 2.96. The number of aryl methyl sites for hydroxylation is 1. The summed E-state index contributed by atoms with van der Waals surface area (Å²) in [5.41, 5.74) is 2.40. The number of nitrogens with zero attached hydrogens (tertiary/aromatic N) is 2. The Balaban J connectivity index is 1.55. The molecule has 3 rings (SSSR count). The van der Waals surface area contributed by atoms with Gasteiger partial charge in [-0.05, 0) is 38.4 Å². The molecule has 1 aliphatic carbocycles. The standard InChI is InChI=1S/C16H23N3S/c1-12-6-5-9-14-15(12)18-16(20-14)17-10-11-19(2)13-7-3-4-8-13/h5-6,9,13H,3-4,7-8,10-11H2,1-2H3,(H,17,18). The van der Waals surface area contributed by atoms with Gasteiger partial charge in [0, 0.05) is 19.1 Å². The second-order valence-electron chi connectivity index (χ2n) is 5.79. The smallest absolute Gasteiger partial charge is 0.183 e. The maximum Gasteiger partial charge on any atom is 0.183 e. The third-order valence-corrected chi connectivity index (χ3v) is 5.29. The van der Waals surface area contributed by atoms with Crippen LogP contribution in [0.4, 0.5) is 5.13 Å². The zero-order chi connectivity index (χ0) is 13.9. The minimum Gasteiger partial charge on any atom is -0.360 e. The number of nitrogens with one attached hydrogen (secondary N) is 1. The molecule has 0 saturated heterocycles. The van der Waals surface area contributed by atoms with E-state index >= 15 is 0 Å². The highest BCUT2D eigenvalue weighted by molar-refractivity contribution is 7.22. The molecule has 1 aromatic carbocycles. The van der Waals surface area contributed by atoms with Gasteiger partial charge in [-0.25, -0.2) is 4.98 Å². The fraction of sp³-hybridized carbons (Fsp3) is 0.562. The minimum atomic E-state index is 0.800. The number of hydrogen-bond donors (Lipinski definition) is 1. The van der Waals surface area contributed by atoms with E-state index < -0.39 is 0 Å². The molecule has 1 aliphatic rings. The van der Waals surface area contributed by atoms with Crippen LogP contribution in [0.3, 0.4) is 0 Å². The summed E-state index contributed by atoms with van der Waals surface area (Å²) in [5.74, 6) is 0. The topological polar surface area (TPSA) is 28.2 Å². The van der Waals surface area contributed by atoms with Crippen LogP contribution in [0.2, 0.25) is 0 Å². The van der Waals surface area contributed by atoms with Gasteiger partial charge in [0.1, 0.15) is 0 Å². The van der Waals surface area contributed by atoms with Crippen LogP contribution in [0, 0.1) is 6.92 Å². The fourth-order valence-electron chi connectivity index (χ4n) is 3.03. The predicted molar refractivity (Wildman–Crippen MR) is 87.7 cm³/mol. The number of hydrogen-bond acceptors (Lipinski definition) is 4. The van der Waals surface area contributed by atoms with Crippen molar-refractivity contribution in [1.82, 2.24) is 9.88 Å².